The summed E-state index contributed by atoms with van der Waals surface area (Å²) in [4.78, 5) is 28.0. The Balaban J connectivity index is 1.49. The van der Waals surface area contributed by atoms with E-state index in [1.165, 1.54) is 18.2 Å². The number of likely N-dealkylation sites (tertiary alicyclic amines) is 1. The van der Waals surface area contributed by atoms with E-state index in [0.29, 0.717) is 25.4 Å². The van der Waals surface area contributed by atoms with Gasteiger partial charge in [-0.1, -0.05) is 12.1 Å². The molecule has 10 heteroatoms. The van der Waals surface area contributed by atoms with Gasteiger partial charge in [0.1, 0.15) is 23.1 Å². The molecule has 0 spiro atoms. The monoisotopic (exact) mass is 567 g/mol. The Hall–Kier alpha value is -4.02. The summed E-state index contributed by atoms with van der Waals surface area (Å²) in [5.41, 5.74) is 1.30. The van der Waals surface area contributed by atoms with Crippen LogP contribution in [-0.4, -0.2) is 65.8 Å². The van der Waals surface area contributed by atoms with Crippen molar-refractivity contribution >= 4 is 11.8 Å². The van der Waals surface area contributed by atoms with Crippen LogP contribution < -0.4 is 15.4 Å². The lowest BCUT2D eigenvalue weighted by Gasteiger charge is -2.27. The highest BCUT2D eigenvalue weighted by Gasteiger charge is 2.25. The van der Waals surface area contributed by atoms with Crippen molar-refractivity contribution in [1.29, 1.82) is 0 Å². The Kier molecular flexibility index (Phi) is 10.3. The van der Waals surface area contributed by atoms with Gasteiger partial charge in [0.25, 0.3) is 11.8 Å². The zero-order chi connectivity index (χ0) is 29.4. The predicted octanol–water partition coefficient (Wildman–Crippen LogP) is 3.80. The Morgan fingerprint density at radius 1 is 0.976 bits per heavy atom. The van der Waals surface area contributed by atoms with Gasteiger partial charge < -0.3 is 30.5 Å². The number of phenols is 1. The second-order valence-electron chi connectivity index (χ2n) is 10.2. The minimum atomic E-state index is -1.14. The van der Waals surface area contributed by atoms with Gasteiger partial charge in [-0.3, -0.25) is 9.59 Å². The SMILES string of the molecule is COc1cccc(CNC[C@@H](O)[C@H](Cc2cc(F)cc(F)c2)NC(=O)c2ccc(O)c(C(=O)N3CCCCC3)c2)c1. The molecule has 2 amide bonds. The van der Waals surface area contributed by atoms with Crippen molar-refractivity contribution < 1.29 is 33.3 Å². The lowest BCUT2D eigenvalue weighted by molar-refractivity contribution is 0.0721. The van der Waals surface area contributed by atoms with Crippen LogP contribution >= 0.6 is 0 Å². The van der Waals surface area contributed by atoms with Crippen LogP contribution in [0.2, 0.25) is 0 Å². The maximum Gasteiger partial charge on any atom is 0.257 e. The second kappa shape index (κ2) is 14.0. The van der Waals surface area contributed by atoms with Crippen LogP contribution in [-0.2, 0) is 13.0 Å². The molecule has 1 aliphatic heterocycles. The van der Waals surface area contributed by atoms with E-state index < -0.39 is 29.7 Å². The van der Waals surface area contributed by atoms with E-state index in [0.717, 1.165) is 43.0 Å². The van der Waals surface area contributed by atoms with Crippen LogP contribution in [0.5, 0.6) is 11.5 Å². The first-order chi connectivity index (χ1) is 19.7. The van der Waals surface area contributed by atoms with Gasteiger partial charge in [-0.15, -0.1) is 0 Å². The van der Waals surface area contributed by atoms with Crippen molar-refractivity contribution in [2.45, 2.75) is 44.4 Å². The van der Waals surface area contributed by atoms with Gasteiger partial charge in [0.2, 0.25) is 0 Å². The van der Waals surface area contributed by atoms with Crippen molar-refractivity contribution in [2.24, 2.45) is 0 Å². The number of carbonyl (C=O) groups is 2. The molecule has 4 rings (SSSR count). The quantitative estimate of drug-likeness (QED) is 0.281. The molecule has 3 aromatic rings. The number of benzene rings is 3. The third-order valence-corrected chi connectivity index (χ3v) is 7.11. The zero-order valence-corrected chi connectivity index (χ0v) is 22.9. The number of hydrogen-bond acceptors (Lipinski definition) is 6. The Morgan fingerprint density at radius 2 is 1.71 bits per heavy atom. The number of amides is 2. The van der Waals surface area contributed by atoms with E-state index in [1.54, 1.807) is 12.0 Å². The summed E-state index contributed by atoms with van der Waals surface area (Å²) in [5, 5.41) is 27.3. The lowest BCUT2D eigenvalue weighted by Crippen LogP contribution is -2.48. The summed E-state index contributed by atoms with van der Waals surface area (Å²) in [6.07, 6.45) is 1.59. The van der Waals surface area contributed by atoms with E-state index >= 15 is 0 Å². The third-order valence-electron chi connectivity index (χ3n) is 7.11. The number of methoxy groups -OCH3 is 1. The zero-order valence-electron chi connectivity index (χ0n) is 22.9. The van der Waals surface area contributed by atoms with Crippen molar-refractivity contribution in [1.82, 2.24) is 15.5 Å². The lowest BCUT2D eigenvalue weighted by atomic mass is 9.99. The van der Waals surface area contributed by atoms with Crippen molar-refractivity contribution in [3.8, 4) is 11.5 Å². The van der Waals surface area contributed by atoms with Gasteiger partial charge in [0.05, 0.1) is 24.8 Å². The average Bonchev–Trinajstić information content (AvgIpc) is 2.96. The molecule has 8 nitrogen and oxygen atoms in total. The molecule has 0 aliphatic carbocycles. The number of phenolic OH excluding ortho intramolecular Hbond substituents is 1. The van der Waals surface area contributed by atoms with Gasteiger partial charge >= 0.3 is 0 Å². The fourth-order valence-electron chi connectivity index (χ4n) is 4.92. The highest BCUT2D eigenvalue weighted by Crippen LogP contribution is 2.23. The molecule has 0 aromatic heterocycles. The van der Waals surface area contributed by atoms with E-state index in [4.69, 9.17) is 4.74 Å². The molecule has 0 radical (unpaired) electrons. The second-order valence-corrected chi connectivity index (χ2v) is 10.2. The van der Waals surface area contributed by atoms with Crippen molar-refractivity contribution in [3.63, 3.8) is 0 Å². The van der Waals surface area contributed by atoms with Gasteiger partial charge in [-0.05, 0) is 79.3 Å². The van der Waals surface area contributed by atoms with E-state index in [1.807, 2.05) is 24.3 Å². The number of hydrogen-bond donors (Lipinski definition) is 4. The van der Waals surface area contributed by atoms with Crippen LogP contribution in [0.3, 0.4) is 0 Å². The molecule has 1 heterocycles. The molecule has 1 fully saturated rings. The summed E-state index contributed by atoms with van der Waals surface area (Å²) < 4.78 is 33.0. The standard InChI is InChI=1S/C31H35F2N3O5/c1-41-25-7-5-6-20(14-25)18-34-19-29(38)27(15-21-12-23(32)17-24(33)13-21)35-30(39)22-8-9-28(37)26(16-22)31(40)36-10-3-2-4-11-36/h5-9,12-14,16-17,27,29,34,37-38H,2-4,10-11,15,18-19H2,1H3,(H,35,39)/t27-,29+/m0/s1. The van der Waals surface area contributed by atoms with E-state index in [2.05, 4.69) is 10.6 Å². The maximum atomic E-state index is 13.9. The summed E-state index contributed by atoms with van der Waals surface area (Å²) in [7, 11) is 1.57. The van der Waals surface area contributed by atoms with E-state index in [-0.39, 0.29) is 41.3 Å². The molecule has 1 saturated heterocycles. The maximum absolute atomic E-state index is 13.9. The topological polar surface area (TPSA) is 111 Å². The molecular weight excluding hydrogens is 532 g/mol. The molecule has 0 unspecified atom stereocenters. The number of aromatic hydroxyl groups is 1. The van der Waals surface area contributed by atoms with Crippen LogP contribution in [0.25, 0.3) is 0 Å². The first kappa shape index (κ1) is 30.0. The highest BCUT2D eigenvalue weighted by atomic mass is 19.1. The van der Waals surface area contributed by atoms with Gasteiger partial charge in [-0.25, -0.2) is 8.78 Å². The van der Waals surface area contributed by atoms with Gasteiger partial charge in [0.15, 0.2) is 0 Å². The fraction of sp³-hybridized carbons (Fsp3) is 0.355. The van der Waals surface area contributed by atoms with Crippen LogP contribution in [0.1, 0.15) is 51.1 Å². The number of aliphatic hydroxyl groups is 1. The van der Waals surface area contributed by atoms with Crippen LogP contribution in [0.4, 0.5) is 8.78 Å². The highest BCUT2D eigenvalue weighted by molar-refractivity contribution is 6.01. The predicted molar refractivity (Wildman–Crippen MR) is 150 cm³/mol. The molecule has 41 heavy (non-hydrogen) atoms. The minimum absolute atomic E-state index is 0.0174. The number of aliphatic hydroxyl groups excluding tert-OH is 1. The number of piperidine rings is 1. The van der Waals surface area contributed by atoms with Crippen molar-refractivity contribution in [2.75, 3.05) is 26.7 Å². The summed E-state index contributed by atoms with van der Waals surface area (Å²) >= 11 is 0. The van der Waals surface area contributed by atoms with Crippen molar-refractivity contribution in [3.05, 3.63) is 94.6 Å². The number of nitrogens with zero attached hydrogens (tertiary/aromatic N) is 1. The summed E-state index contributed by atoms with van der Waals surface area (Å²) in [5.74, 6) is -2.04. The Labute approximate surface area is 237 Å². The van der Waals surface area contributed by atoms with Crippen LogP contribution in [0.15, 0.2) is 60.7 Å². The summed E-state index contributed by atoms with van der Waals surface area (Å²) in [6, 6.07) is 13.5. The molecule has 4 N–H and O–H groups in total. The fourth-order valence-corrected chi connectivity index (χ4v) is 4.92. The largest absolute Gasteiger partial charge is 0.507 e. The number of halogens is 2. The molecule has 2 atom stereocenters. The third kappa shape index (κ3) is 8.25. The average molecular weight is 568 g/mol. The Morgan fingerprint density at radius 3 is 2.41 bits per heavy atom. The van der Waals surface area contributed by atoms with E-state index in [9.17, 15) is 28.6 Å². The normalized spacial score (nSPS) is 14.8. The number of nitrogens with one attached hydrogen (secondary N) is 2. The minimum Gasteiger partial charge on any atom is -0.507 e. The number of ether oxygens (including phenoxy) is 1. The van der Waals surface area contributed by atoms with Gasteiger partial charge in [0, 0.05) is 37.8 Å². The Bertz CT molecular complexity index is 1340. The molecule has 3 aromatic carbocycles. The van der Waals surface area contributed by atoms with Gasteiger partial charge in [-0.2, -0.15) is 0 Å². The first-order valence-electron chi connectivity index (χ1n) is 13.6. The first-order valence-corrected chi connectivity index (χ1v) is 13.6. The molecule has 0 saturated carbocycles. The molecule has 0 bridgehead atoms. The summed E-state index contributed by atoms with van der Waals surface area (Å²) in [6.45, 7) is 1.63. The number of carbonyl (C=O) groups excluding carboxylic acids is 2. The molecule has 218 valence electrons. The molecular formula is C31H35F2N3O5. The molecule has 1 aliphatic rings. The van der Waals surface area contributed by atoms with Crippen LogP contribution in [0, 0.1) is 11.6 Å². The smallest absolute Gasteiger partial charge is 0.257 e. The number of rotatable bonds is 11.